The van der Waals surface area contributed by atoms with E-state index in [0.717, 1.165) is 43.6 Å². The highest BCUT2D eigenvalue weighted by atomic mass is 32.2. The van der Waals surface area contributed by atoms with E-state index in [1.54, 1.807) is 6.07 Å². The van der Waals surface area contributed by atoms with Gasteiger partial charge in [-0.05, 0) is 37.4 Å². The average molecular weight is 331 g/mol. The third-order valence-electron chi connectivity index (χ3n) is 4.19. The fourth-order valence-electron chi connectivity index (χ4n) is 2.95. The zero-order valence-corrected chi connectivity index (χ0v) is 14.5. The molecule has 6 heteroatoms. The lowest BCUT2D eigenvalue weighted by molar-refractivity contribution is 0.282. The molecule has 1 heterocycles. The Morgan fingerprint density at radius 1 is 1.24 bits per heavy atom. The first-order valence-corrected chi connectivity index (χ1v) is 10.2. The Labute approximate surface area is 132 Å². The van der Waals surface area contributed by atoms with Crippen LogP contribution in [0.25, 0.3) is 0 Å². The molecule has 0 radical (unpaired) electrons. The van der Waals surface area contributed by atoms with Crippen molar-refractivity contribution in [1.82, 2.24) is 10.0 Å². The van der Waals surface area contributed by atoms with Crippen molar-refractivity contribution in [3.05, 3.63) is 17.0 Å². The van der Waals surface area contributed by atoms with Crippen molar-refractivity contribution in [3.63, 3.8) is 0 Å². The molecule has 2 N–H and O–H groups in total. The van der Waals surface area contributed by atoms with E-state index in [0.29, 0.717) is 10.1 Å². The maximum Gasteiger partial charge on any atom is 0.250 e. The van der Waals surface area contributed by atoms with Crippen LogP contribution < -0.4 is 10.0 Å². The summed E-state index contributed by atoms with van der Waals surface area (Å²) in [5.74, 6) is 0.481. The predicted molar refractivity (Wildman–Crippen MR) is 88.1 cm³/mol. The van der Waals surface area contributed by atoms with Crippen LogP contribution in [0.15, 0.2) is 16.3 Å². The molecule has 21 heavy (non-hydrogen) atoms. The number of hydrogen-bond donors (Lipinski definition) is 2. The lowest BCUT2D eigenvalue weighted by atomic mass is 9.83. The molecule has 2 rings (SSSR count). The van der Waals surface area contributed by atoms with E-state index >= 15 is 0 Å². The second kappa shape index (κ2) is 7.72. The fourth-order valence-corrected chi connectivity index (χ4v) is 5.64. The third kappa shape index (κ3) is 4.52. The second-order valence-corrected chi connectivity index (χ2v) is 8.79. The summed E-state index contributed by atoms with van der Waals surface area (Å²) in [5, 5.41) is 3.22. The minimum atomic E-state index is -3.37. The van der Waals surface area contributed by atoms with Crippen LogP contribution in [0.5, 0.6) is 0 Å². The predicted octanol–water partition coefficient (Wildman–Crippen LogP) is 3.10. The molecule has 0 aromatic carbocycles. The average Bonchev–Trinajstić information content (AvgIpc) is 2.95. The highest BCUT2D eigenvalue weighted by Crippen LogP contribution is 2.29. The van der Waals surface area contributed by atoms with Crippen LogP contribution in [0.3, 0.4) is 0 Å². The first-order chi connectivity index (χ1) is 10.1. The van der Waals surface area contributed by atoms with Gasteiger partial charge in [-0.2, -0.15) is 0 Å². The molecule has 0 aliphatic heterocycles. The molecule has 0 saturated heterocycles. The maximum atomic E-state index is 12.5. The van der Waals surface area contributed by atoms with E-state index in [-0.39, 0.29) is 6.04 Å². The summed E-state index contributed by atoms with van der Waals surface area (Å²) < 4.78 is 28.4. The van der Waals surface area contributed by atoms with Crippen molar-refractivity contribution in [1.29, 1.82) is 0 Å². The highest BCUT2D eigenvalue weighted by molar-refractivity contribution is 7.91. The number of nitrogens with one attached hydrogen (secondary N) is 2. The molecule has 1 aliphatic carbocycles. The molecule has 0 spiro atoms. The van der Waals surface area contributed by atoms with E-state index < -0.39 is 10.0 Å². The van der Waals surface area contributed by atoms with Crippen molar-refractivity contribution in [2.24, 2.45) is 5.92 Å². The van der Waals surface area contributed by atoms with Gasteiger partial charge < -0.3 is 5.32 Å². The van der Waals surface area contributed by atoms with E-state index in [9.17, 15) is 8.42 Å². The first kappa shape index (κ1) is 16.9. The van der Waals surface area contributed by atoms with Gasteiger partial charge in [0.1, 0.15) is 4.21 Å². The molecule has 1 saturated carbocycles. The van der Waals surface area contributed by atoms with Gasteiger partial charge in [-0.1, -0.05) is 33.1 Å². The first-order valence-electron chi connectivity index (χ1n) is 7.88. The number of hydrogen-bond acceptors (Lipinski definition) is 4. The van der Waals surface area contributed by atoms with Crippen molar-refractivity contribution < 1.29 is 8.42 Å². The minimum Gasteiger partial charge on any atom is -0.312 e. The molecule has 1 fully saturated rings. The van der Waals surface area contributed by atoms with Crippen molar-refractivity contribution >= 4 is 21.4 Å². The smallest absolute Gasteiger partial charge is 0.250 e. The van der Waals surface area contributed by atoms with Gasteiger partial charge in [-0.25, -0.2) is 13.1 Å². The normalized spacial score (nSPS) is 23.3. The summed E-state index contributed by atoms with van der Waals surface area (Å²) in [7, 11) is -3.37. The van der Waals surface area contributed by atoms with E-state index in [1.807, 2.05) is 13.0 Å². The molecule has 1 aliphatic rings. The van der Waals surface area contributed by atoms with Crippen LogP contribution in [0.1, 0.15) is 50.8 Å². The van der Waals surface area contributed by atoms with Crippen molar-refractivity contribution in [2.45, 2.75) is 62.7 Å². The standard InChI is InChI=1S/C15H26N2O2S2/c1-3-12-7-5-6-8-14(12)17-21(18,19)15-10-9-13(20-15)11-16-4-2/h9-10,12,14,16-17H,3-8,11H2,1-2H3. The summed E-state index contributed by atoms with van der Waals surface area (Å²) in [6.07, 6.45) is 5.50. The molecule has 1 aromatic heterocycles. The van der Waals surface area contributed by atoms with Crippen LogP contribution in [0, 0.1) is 5.92 Å². The Kier molecular flexibility index (Phi) is 6.22. The molecule has 0 bridgehead atoms. The molecule has 120 valence electrons. The highest BCUT2D eigenvalue weighted by Gasteiger charge is 2.29. The Morgan fingerprint density at radius 2 is 2.00 bits per heavy atom. The Bertz CT molecular complexity index is 540. The largest absolute Gasteiger partial charge is 0.312 e. The van der Waals surface area contributed by atoms with Gasteiger partial charge in [0.25, 0.3) is 0 Å². The monoisotopic (exact) mass is 330 g/mol. The van der Waals surface area contributed by atoms with Gasteiger partial charge in [0.15, 0.2) is 0 Å². The molecule has 1 aromatic rings. The maximum absolute atomic E-state index is 12.5. The third-order valence-corrected chi connectivity index (χ3v) is 7.26. The van der Waals surface area contributed by atoms with Gasteiger partial charge in [0.05, 0.1) is 0 Å². The van der Waals surface area contributed by atoms with Gasteiger partial charge in [-0.3, -0.25) is 0 Å². The SMILES string of the molecule is CCNCc1ccc(S(=O)(=O)NC2CCCCC2CC)s1. The van der Waals surface area contributed by atoms with Gasteiger partial charge in [0, 0.05) is 17.5 Å². The summed E-state index contributed by atoms with van der Waals surface area (Å²) in [4.78, 5) is 1.06. The zero-order chi connectivity index (χ0) is 15.3. The van der Waals surface area contributed by atoms with Crippen LogP contribution in [0.4, 0.5) is 0 Å². The van der Waals surface area contributed by atoms with Crippen LogP contribution >= 0.6 is 11.3 Å². The molecular weight excluding hydrogens is 304 g/mol. The van der Waals surface area contributed by atoms with Gasteiger partial charge in [0.2, 0.25) is 10.0 Å². The van der Waals surface area contributed by atoms with Crippen LogP contribution in [-0.2, 0) is 16.6 Å². The Hall–Kier alpha value is -0.430. The Balaban J connectivity index is 2.05. The fraction of sp³-hybridized carbons (Fsp3) is 0.733. The van der Waals surface area contributed by atoms with E-state index in [1.165, 1.54) is 17.8 Å². The van der Waals surface area contributed by atoms with Crippen LogP contribution in [-0.4, -0.2) is 21.0 Å². The summed E-state index contributed by atoms with van der Waals surface area (Å²) in [5.41, 5.74) is 0. The van der Waals surface area contributed by atoms with Crippen molar-refractivity contribution in [2.75, 3.05) is 6.54 Å². The molecule has 0 amide bonds. The quantitative estimate of drug-likeness (QED) is 0.807. The number of rotatable bonds is 7. The van der Waals surface area contributed by atoms with Gasteiger partial charge in [-0.15, -0.1) is 11.3 Å². The summed E-state index contributed by atoms with van der Waals surface area (Å²) in [6, 6.07) is 3.73. The topological polar surface area (TPSA) is 58.2 Å². The molecule has 2 unspecified atom stereocenters. The minimum absolute atomic E-state index is 0.105. The number of thiophene rings is 1. The summed E-state index contributed by atoms with van der Waals surface area (Å²) >= 11 is 1.36. The second-order valence-electron chi connectivity index (χ2n) is 5.68. The molecule has 2 atom stereocenters. The molecule has 4 nitrogen and oxygen atoms in total. The Morgan fingerprint density at radius 3 is 2.71 bits per heavy atom. The summed E-state index contributed by atoms with van der Waals surface area (Å²) in [6.45, 7) is 5.81. The van der Waals surface area contributed by atoms with Gasteiger partial charge >= 0.3 is 0 Å². The zero-order valence-electron chi connectivity index (χ0n) is 12.9. The lowest BCUT2D eigenvalue weighted by Gasteiger charge is -2.31. The lowest BCUT2D eigenvalue weighted by Crippen LogP contribution is -2.41. The van der Waals surface area contributed by atoms with E-state index in [4.69, 9.17) is 0 Å². The number of sulfonamides is 1. The van der Waals surface area contributed by atoms with E-state index in [2.05, 4.69) is 17.0 Å². The van der Waals surface area contributed by atoms with Crippen molar-refractivity contribution in [3.8, 4) is 0 Å². The van der Waals surface area contributed by atoms with Crippen LogP contribution in [0.2, 0.25) is 0 Å². The molecular formula is C15H26N2O2S2.